The molecule has 0 saturated carbocycles. The van der Waals surface area contributed by atoms with Crippen molar-refractivity contribution < 1.29 is 9.18 Å². The summed E-state index contributed by atoms with van der Waals surface area (Å²) in [6.07, 6.45) is 0.985. The van der Waals surface area contributed by atoms with Gasteiger partial charge in [0.25, 0.3) is 0 Å². The topological polar surface area (TPSA) is 17.1 Å². The van der Waals surface area contributed by atoms with Crippen molar-refractivity contribution in [2.75, 3.05) is 0 Å². The van der Waals surface area contributed by atoms with Gasteiger partial charge in [-0.2, -0.15) is 11.3 Å². The van der Waals surface area contributed by atoms with Gasteiger partial charge in [-0.25, -0.2) is 4.39 Å². The molecule has 0 aliphatic carbocycles. The Balaban J connectivity index is 2.10. The van der Waals surface area contributed by atoms with Gasteiger partial charge in [0, 0.05) is 10.9 Å². The minimum absolute atomic E-state index is 0.155. The Labute approximate surface area is 111 Å². The van der Waals surface area contributed by atoms with E-state index in [1.54, 1.807) is 23.5 Å². The fraction of sp³-hybridized carbons (Fsp3) is 0.154. The summed E-state index contributed by atoms with van der Waals surface area (Å²) >= 11 is 4.81. The number of rotatable bonds is 4. The minimum Gasteiger partial charge on any atom is -0.294 e. The summed E-state index contributed by atoms with van der Waals surface area (Å²) in [6, 6.07) is 6.55. The van der Waals surface area contributed by atoms with Gasteiger partial charge in [-0.15, -0.1) is 0 Å². The second-order valence-electron chi connectivity index (χ2n) is 3.65. The van der Waals surface area contributed by atoms with Crippen LogP contribution in [0.2, 0.25) is 0 Å². The van der Waals surface area contributed by atoms with E-state index in [0.29, 0.717) is 17.3 Å². The molecular formula is C13H10BrFOS. The summed E-state index contributed by atoms with van der Waals surface area (Å²) in [5.41, 5.74) is 1.28. The van der Waals surface area contributed by atoms with E-state index in [4.69, 9.17) is 0 Å². The molecule has 0 saturated heterocycles. The Kier molecular flexibility index (Phi) is 4.07. The zero-order valence-electron chi connectivity index (χ0n) is 8.95. The number of halogens is 2. The van der Waals surface area contributed by atoms with Gasteiger partial charge in [0.05, 0.1) is 5.56 Å². The van der Waals surface area contributed by atoms with Gasteiger partial charge in [0.1, 0.15) is 5.82 Å². The van der Waals surface area contributed by atoms with Crippen molar-refractivity contribution in [2.24, 2.45) is 0 Å². The van der Waals surface area contributed by atoms with Crippen LogP contribution in [0.25, 0.3) is 0 Å². The fourth-order valence-corrected chi connectivity index (χ4v) is 2.85. The largest absolute Gasteiger partial charge is 0.294 e. The molecular weight excluding hydrogens is 303 g/mol. The molecule has 4 heteroatoms. The number of hydrogen-bond acceptors (Lipinski definition) is 2. The Morgan fingerprint density at radius 1 is 1.35 bits per heavy atom. The Morgan fingerprint density at radius 2 is 2.18 bits per heavy atom. The lowest BCUT2D eigenvalue weighted by Gasteiger charge is -2.04. The van der Waals surface area contributed by atoms with E-state index in [0.717, 1.165) is 5.56 Å². The summed E-state index contributed by atoms with van der Waals surface area (Å²) in [4.78, 5) is 11.9. The third kappa shape index (κ3) is 3.01. The van der Waals surface area contributed by atoms with E-state index in [1.165, 1.54) is 6.07 Å². The van der Waals surface area contributed by atoms with Gasteiger partial charge < -0.3 is 0 Å². The van der Waals surface area contributed by atoms with E-state index < -0.39 is 5.82 Å². The smallest absolute Gasteiger partial charge is 0.167 e. The van der Waals surface area contributed by atoms with Crippen LogP contribution in [0.5, 0.6) is 0 Å². The SMILES string of the molecule is O=C(CCc1ccsc1)c1c(F)cccc1Br. The molecule has 0 amide bonds. The summed E-state index contributed by atoms with van der Waals surface area (Å²) in [5, 5.41) is 3.97. The van der Waals surface area contributed by atoms with Gasteiger partial charge in [-0.05, 0) is 56.9 Å². The fourth-order valence-electron chi connectivity index (χ4n) is 1.58. The predicted molar refractivity (Wildman–Crippen MR) is 71.1 cm³/mol. The average molecular weight is 313 g/mol. The van der Waals surface area contributed by atoms with Gasteiger partial charge in [-0.1, -0.05) is 6.07 Å². The van der Waals surface area contributed by atoms with Crippen molar-refractivity contribution in [1.29, 1.82) is 0 Å². The van der Waals surface area contributed by atoms with E-state index in [-0.39, 0.29) is 11.3 Å². The number of carbonyl (C=O) groups excluding carboxylic acids is 1. The predicted octanol–water partition coefficient (Wildman–Crippen LogP) is 4.47. The van der Waals surface area contributed by atoms with E-state index in [1.807, 2.05) is 16.8 Å². The molecule has 0 N–H and O–H groups in total. The molecule has 88 valence electrons. The highest BCUT2D eigenvalue weighted by Crippen LogP contribution is 2.22. The van der Waals surface area contributed by atoms with Gasteiger partial charge in [0.15, 0.2) is 5.78 Å². The van der Waals surface area contributed by atoms with Gasteiger partial charge in [-0.3, -0.25) is 4.79 Å². The van der Waals surface area contributed by atoms with Crippen LogP contribution in [0.15, 0.2) is 39.5 Å². The zero-order chi connectivity index (χ0) is 12.3. The molecule has 2 rings (SSSR count). The first-order chi connectivity index (χ1) is 8.18. The number of aryl methyl sites for hydroxylation is 1. The van der Waals surface area contributed by atoms with Gasteiger partial charge >= 0.3 is 0 Å². The van der Waals surface area contributed by atoms with Crippen LogP contribution >= 0.6 is 27.3 Å². The zero-order valence-corrected chi connectivity index (χ0v) is 11.4. The summed E-state index contributed by atoms with van der Waals surface area (Å²) in [5.74, 6) is -0.629. The highest BCUT2D eigenvalue weighted by atomic mass is 79.9. The maximum Gasteiger partial charge on any atom is 0.167 e. The normalized spacial score (nSPS) is 10.5. The molecule has 2 aromatic rings. The molecule has 0 fully saturated rings. The van der Waals surface area contributed by atoms with Crippen LogP contribution in [0.3, 0.4) is 0 Å². The van der Waals surface area contributed by atoms with E-state index in [9.17, 15) is 9.18 Å². The number of Topliss-reactive ketones (excluding diaryl/α,β-unsaturated/α-hetero) is 1. The van der Waals surface area contributed by atoms with E-state index in [2.05, 4.69) is 15.9 Å². The molecule has 0 spiro atoms. The Morgan fingerprint density at radius 3 is 2.82 bits per heavy atom. The number of hydrogen-bond donors (Lipinski definition) is 0. The maximum atomic E-state index is 13.5. The first-order valence-electron chi connectivity index (χ1n) is 5.17. The first-order valence-corrected chi connectivity index (χ1v) is 6.90. The molecule has 17 heavy (non-hydrogen) atoms. The third-order valence-corrected chi connectivity index (χ3v) is 3.86. The van der Waals surface area contributed by atoms with Crippen molar-refractivity contribution in [3.8, 4) is 0 Å². The van der Waals surface area contributed by atoms with E-state index >= 15 is 0 Å². The summed E-state index contributed by atoms with van der Waals surface area (Å²) < 4.78 is 14.0. The molecule has 0 aliphatic heterocycles. The van der Waals surface area contributed by atoms with Crippen molar-refractivity contribution >= 4 is 33.0 Å². The number of carbonyl (C=O) groups is 1. The maximum absolute atomic E-state index is 13.5. The van der Waals surface area contributed by atoms with Crippen LogP contribution in [0.4, 0.5) is 4.39 Å². The van der Waals surface area contributed by atoms with Crippen molar-refractivity contribution in [3.63, 3.8) is 0 Å². The summed E-state index contributed by atoms with van der Waals surface area (Å²) in [6.45, 7) is 0. The molecule has 0 unspecified atom stereocenters. The number of benzene rings is 1. The average Bonchev–Trinajstić information content (AvgIpc) is 2.79. The second kappa shape index (κ2) is 5.56. The van der Waals surface area contributed by atoms with Crippen molar-refractivity contribution in [3.05, 3.63) is 56.4 Å². The van der Waals surface area contributed by atoms with Crippen LogP contribution in [0, 0.1) is 5.82 Å². The van der Waals surface area contributed by atoms with Crippen LogP contribution in [-0.4, -0.2) is 5.78 Å². The van der Waals surface area contributed by atoms with Crippen LogP contribution in [0.1, 0.15) is 22.3 Å². The summed E-state index contributed by atoms with van der Waals surface area (Å²) in [7, 11) is 0. The standard InChI is InChI=1S/C13H10BrFOS/c14-10-2-1-3-11(15)13(10)12(16)5-4-9-6-7-17-8-9/h1-3,6-8H,4-5H2. The second-order valence-corrected chi connectivity index (χ2v) is 5.29. The number of ketones is 1. The lowest BCUT2D eigenvalue weighted by molar-refractivity contribution is 0.0978. The highest BCUT2D eigenvalue weighted by molar-refractivity contribution is 9.10. The molecule has 1 aromatic heterocycles. The van der Waals surface area contributed by atoms with Gasteiger partial charge in [0.2, 0.25) is 0 Å². The molecule has 1 nitrogen and oxygen atoms in total. The third-order valence-electron chi connectivity index (χ3n) is 2.46. The minimum atomic E-state index is -0.463. The Hall–Kier alpha value is -1.00. The molecule has 0 bridgehead atoms. The van der Waals surface area contributed by atoms with Crippen LogP contribution in [-0.2, 0) is 6.42 Å². The number of thiophene rings is 1. The van der Waals surface area contributed by atoms with Crippen LogP contribution < -0.4 is 0 Å². The molecule has 1 heterocycles. The quantitative estimate of drug-likeness (QED) is 0.761. The Bertz CT molecular complexity index is 502. The lowest BCUT2D eigenvalue weighted by Crippen LogP contribution is -2.04. The monoisotopic (exact) mass is 312 g/mol. The lowest BCUT2D eigenvalue weighted by atomic mass is 10.0. The molecule has 0 atom stereocenters. The molecule has 1 aromatic carbocycles. The van der Waals surface area contributed by atoms with Crippen molar-refractivity contribution in [2.45, 2.75) is 12.8 Å². The molecule has 0 radical (unpaired) electrons. The highest BCUT2D eigenvalue weighted by Gasteiger charge is 2.15. The van der Waals surface area contributed by atoms with Crippen molar-refractivity contribution in [1.82, 2.24) is 0 Å². The first kappa shape index (κ1) is 12.5. The molecule has 0 aliphatic rings.